The van der Waals surface area contributed by atoms with Crippen LogP contribution in [0.3, 0.4) is 0 Å². The van der Waals surface area contributed by atoms with E-state index in [0.717, 1.165) is 62.3 Å². The Morgan fingerprint density at radius 2 is 1.85 bits per heavy atom. The molecule has 7 heteroatoms. The number of phenolic OH excluding ortho intramolecular Hbond substituents is 1. The highest BCUT2D eigenvalue weighted by Gasteiger charge is 2.25. The Bertz CT molecular complexity index is 987. The van der Waals surface area contributed by atoms with Gasteiger partial charge < -0.3 is 24.8 Å². The molecule has 1 saturated heterocycles. The molecule has 2 aromatic carbocycles. The van der Waals surface area contributed by atoms with Crippen molar-refractivity contribution in [3.05, 3.63) is 48.0 Å². The fourth-order valence-electron chi connectivity index (χ4n) is 4.97. The van der Waals surface area contributed by atoms with Crippen LogP contribution in [0.5, 0.6) is 17.2 Å². The predicted octanol–water partition coefficient (Wildman–Crippen LogP) is 4.29. The van der Waals surface area contributed by atoms with Gasteiger partial charge in [-0.1, -0.05) is 31.9 Å². The van der Waals surface area contributed by atoms with Crippen molar-refractivity contribution in [2.24, 2.45) is 10.9 Å². The first kappa shape index (κ1) is 21.9. The van der Waals surface area contributed by atoms with Gasteiger partial charge in [0.15, 0.2) is 17.5 Å². The zero-order valence-corrected chi connectivity index (χ0v) is 19.4. The molecule has 0 bridgehead atoms. The van der Waals surface area contributed by atoms with E-state index in [1.807, 2.05) is 18.2 Å². The number of nitrogens with zero attached hydrogens (tertiary/aromatic N) is 3. The third-order valence-electron chi connectivity index (χ3n) is 6.97. The standard InChI is InChI=1S/C26H34N4O3/c1-19-5-2-3-8-23(19)28-26(27-21-6-4-7-22(31)16-21)30-13-11-29(12-14-30)17-20-9-10-24-25(15-20)33-18-32-24/h4,6-7,9-10,15-16,19,23,31H,2-3,5,8,11-14,17-18H2,1H3,(H,27,28). The van der Waals surface area contributed by atoms with Gasteiger partial charge in [0.25, 0.3) is 0 Å². The number of rotatable bonds is 4. The van der Waals surface area contributed by atoms with Gasteiger partial charge in [-0.3, -0.25) is 4.90 Å². The van der Waals surface area contributed by atoms with Gasteiger partial charge in [0, 0.05) is 44.5 Å². The summed E-state index contributed by atoms with van der Waals surface area (Å²) in [6.45, 7) is 7.29. The zero-order valence-electron chi connectivity index (χ0n) is 19.4. The highest BCUT2D eigenvalue weighted by molar-refractivity contribution is 5.94. The van der Waals surface area contributed by atoms with E-state index in [0.29, 0.717) is 18.8 Å². The third kappa shape index (κ3) is 5.36. The van der Waals surface area contributed by atoms with Crippen molar-refractivity contribution >= 4 is 11.6 Å². The van der Waals surface area contributed by atoms with Crippen molar-refractivity contribution in [2.45, 2.75) is 45.2 Å². The first-order chi connectivity index (χ1) is 16.1. The van der Waals surface area contributed by atoms with Crippen LogP contribution in [-0.4, -0.2) is 59.9 Å². The van der Waals surface area contributed by atoms with E-state index in [-0.39, 0.29) is 5.75 Å². The Balaban J connectivity index is 1.26. The Kier molecular flexibility index (Phi) is 6.58. The fraction of sp³-hybridized carbons (Fsp3) is 0.500. The second kappa shape index (κ2) is 9.91. The number of nitrogens with one attached hydrogen (secondary N) is 1. The number of aliphatic imine (C=N–C) groups is 1. The SMILES string of the molecule is CC1CCCCC1N=C(Nc1cccc(O)c1)N1CCN(Cc2ccc3c(c2)OCO3)CC1. The molecule has 2 aliphatic heterocycles. The minimum absolute atomic E-state index is 0.263. The lowest BCUT2D eigenvalue weighted by atomic mass is 9.86. The van der Waals surface area contributed by atoms with Gasteiger partial charge in [-0.25, -0.2) is 4.99 Å². The van der Waals surface area contributed by atoms with Gasteiger partial charge in [-0.2, -0.15) is 0 Å². The van der Waals surface area contributed by atoms with Crippen molar-refractivity contribution < 1.29 is 14.6 Å². The average Bonchev–Trinajstić information content (AvgIpc) is 3.29. The fourth-order valence-corrected chi connectivity index (χ4v) is 4.97. The van der Waals surface area contributed by atoms with Crippen LogP contribution >= 0.6 is 0 Å². The van der Waals surface area contributed by atoms with Crippen LogP contribution in [0.1, 0.15) is 38.2 Å². The largest absolute Gasteiger partial charge is 0.508 e. The number of aromatic hydroxyl groups is 1. The number of hydrogen-bond acceptors (Lipinski definition) is 5. The minimum atomic E-state index is 0.263. The number of ether oxygens (including phenoxy) is 2. The van der Waals surface area contributed by atoms with Gasteiger partial charge in [0.2, 0.25) is 6.79 Å². The zero-order chi connectivity index (χ0) is 22.6. The number of phenols is 1. The maximum atomic E-state index is 9.92. The molecule has 2 atom stereocenters. The van der Waals surface area contributed by atoms with E-state index >= 15 is 0 Å². The van der Waals surface area contributed by atoms with E-state index in [9.17, 15) is 5.11 Å². The molecule has 0 radical (unpaired) electrons. The summed E-state index contributed by atoms with van der Waals surface area (Å²) in [6.07, 6.45) is 4.95. The van der Waals surface area contributed by atoms with Gasteiger partial charge >= 0.3 is 0 Å². The van der Waals surface area contributed by atoms with E-state index in [1.54, 1.807) is 12.1 Å². The lowest BCUT2D eigenvalue weighted by Crippen LogP contribution is -2.50. The molecule has 2 unspecified atom stereocenters. The summed E-state index contributed by atoms with van der Waals surface area (Å²) in [5, 5.41) is 13.4. The monoisotopic (exact) mass is 450 g/mol. The highest BCUT2D eigenvalue weighted by atomic mass is 16.7. The summed E-state index contributed by atoms with van der Waals surface area (Å²) < 4.78 is 11.0. The molecule has 2 aromatic rings. The summed E-state index contributed by atoms with van der Waals surface area (Å²) >= 11 is 0. The van der Waals surface area contributed by atoms with Crippen LogP contribution in [0.4, 0.5) is 5.69 Å². The molecular weight excluding hydrogens is 416 g/mol. The lowest BCUT2D eigenvalue weighted by molar-refractivity contribution is 0.172. The van der Waals surface area contributed by atoms with Gasteiger partial charge in [0.1, 0.15) is 5.75 Å². The molecule has 7 nitrogen and oxygen atoms in total. The molecule has 2 fully saturated rings. The van der Waals surface area contributed by atoms with Crippen LogP contribution in [0.15, 0.2) is 47.5 Å². The molecule has 0 amide bonds. The Morgan fingerprint density at radius 1 is 1.03 bits per heavy atom. The maximum Gasteiger partial charge on any atom is 0.231 e. The van der Waals surface area contributed by atoms with E-state index < -0.39 is 0 Å². The topological polar surface area (TPSA) is 69.6 Å². The molecular formula is C26H34N4O3. The van der Waals surface area contributed by atoms with Crippen LogP contribution in [0.2, 0.25) is 0 Å². The molecule has 2 N–H and O–H groups in total. The number of fused-ring (bicyclic) bond motifs is 1. The van der Waals surface area contributed by atoms with E-state index in [4.69, 9.17) is 14.5 Å². The lowest BCUT2D eigenvalue weighted by Gasteiger charge is -2.37. The second-order valence-electron chi connectivity index (χ2n) is 9.41. The highest BCUT2D eigenvalue weighted by Crippen LogP contribution is 2.33. The van der Waals surface area contributed by atoms with Gasteiger partial charge in [0.05, 0.1) is 6.04 Å². The second-order valence-corrected chi connectivity index (χ2v) is 9.41. The summed E-state index contributed by atoms with van der Waals surface area (Å²) in [7, 11) is 0. The molecule has 176 valence electrons. The van der Waals surface area contributed by atoms with E-state index in [2.05, 4.69) is 34.2 Å². The van der Waals surface area contributed by atoms with Crippen LogP contribution in [0, 0.1) is 5.92 Å². The molecule has 3 aliphatic rings. The molecule has 33 heavy (non-hydrogen) atoms. The molecule has 0 aromatic heterocycles. The molecule has 2 heterocycles. The number of hydrogen-bond donors (Lipinski definition) is 2. The molecule has 5 rings (SSSR count). The van der Waals surface area contributed by atoms with Gasteiger partial charge in [-0.15, -0.1) is 0 Å². The summed E-state index contributed by atoms with van der Waals surface area (Å²) in [5.74, 6) is 3.48. The molecule has 0 spiro atoms. The quantitative estimate of drug-likeness (QED) is 0.535. The first-order valence-electron chi connectivity index (χ1n) is 12.1. The van der Waals surface area contributed by atoms with Crippen molar-refractivity contribution in [1.29, 1.82) is 0 Å². The molecule has 1 saturated carbocycles. The maximum absolute atomic E-state index is 9.92. The minimum Gasteiger partial charge on any atom is -0.508 e. The van der Waals surface area contributed by atoms with Crippen molar-refractivity contribution in [3.63, 3.8) is 0 Å². The van der Waals surface area contributed by atoms with Crippen molar-refractivity contribution in [1.82, 2.24) is 9.80 Å². The third-order valence-corrected chi connectivity index (χ3v) is 6.97. The summed E-state index contributed by atoms with van der Waals surface area (Å²) in [5.41, 5.74) is 2.12. The number of guanidine groups is 1. The Morgan fingerprint density at radius 3 is 2.67 bits per heavy atom. The average molecular weight is 451 g/mol. The number of anilines is 1. The number of piperazine rings is 1. The number of benzene rings is 2. The van der Waals surface area contributed by atoms with Crippen LogP contribution in [-0.2, 0) is 6.54 Å². The van der Waals surface area contributed by atoms with Crippen molar-refractivity contribution in [2.75, 3.05) is 38.3 Å². The first-order valence-corrected chi connectivity index (χ1v) is 12.1. The normalized spacial score (nSPS) is 23.5. The summed E-state index contributed by atoms with van der Waals surface area (Å²) in [4.78, 5) is 10.1. The van der Waals surface area contributed by atoms with Crippen molar-refractivity contribution in [3.8, 4) is 17.2 Å². The Hall–Kier alpha value is -2.93. The van der Waals surface area contributed by atoms with E-state index in [1.165, 1.54) is 24.8 Å². The smallest absolute Gasteiger partial charge is 0.231 e. The van der Waals surface area contributed by atoms with Crippen LogP contribution < -0.4 is 14.8 Å². The summed E-state index contributed by atoms with van der Waals surface area (Å²) in [6, 6.07) is 13.9. The Labute approximate surface area is 196 Å². The predicted molar refractivity (Wildman–Crippen MR) is 130 cm³/mol. The van der Waals surface area contributed by atoms with Crippen LogP contribution in [0.25, 0.3) is 0 Å². The molecule has 1 aliphatic carbocycles. The van der Waals surface area contributed by atoms with Gasteiger partial charge in [-0.05, 0) is 48.6 Å².